The minimum absolute atomic E-state index is 0.143. The van der Waals surface area contributed by atoms with Crippen molar-refractivity contribution in [3.63, 3.8) is 0 Å². The summed E-state index contributed by atoms with van der Waals surface area (Å²) in [6.07, 6.45) is 3.51. The van der Waals surface area contributed by atoms with Crippen molar-refractivity contribution in [3.05, 3.63) is 41.4 Å². The Morgan fingerprint density at radius 2 is 1.82 bits per heavy atom. The number of anilines is 2. The number of aromatic nitrogens is 1. The molecule has 1 saturated carbocycles. The zero-order valence-electron chi connectivity index (χ0n) is 22.0. The molecule has 2 aromatic rings. The van der Waals surface area contributed by atoms with Crippen molar-refractivity contribution < 1.29 is 23.1 Å². The van der Waals surface area contributed by atoms with Gasteiger partial charge in [0.1, 0.15) is 11.6 Å². The molecule has 38 heavy (non-hydrogen) atoms. The normalized spacial score (nSPS) is 24.2. The van der Waals surface area contributed by atoms with Crippen LogP contribution in [0.1, 0.15) is 52.9 Å². The van der Waals surface area contributed by atoms with Crippen LogP contribution in [-0.4, -0.2) is 61.8 Å². The molecule has 0 spiro atoms. The molecule has 0 radical (unpaired) electrons. The molecule has 0 bridgehead atoms. The van der Waals surface area contributed by atoms with E-state index in [0.717, 1.165) is 31.6 Å². The molecule has 1 amide bonds. The van der Waals surface area contributed by atoms with Gasteiger partial charge in [0.25, 0.3) is 15.9 Å². The van der Waals surface area contributed by atoms with Crippen molar-refractivity contribution in [2.75, 3.05) is 36.0 Å². The molecule has 206 valence electrons. The lowest BCUT2D eigenvalue weighted by Gasteiger charge is -2.40. The average Bonchev–Trinajstić information content (AvgIpc) is 3.53. The van der Waals surface area contributed by atoms with E-state index < -0.39 is 27.1 Å². The summed E-state index contributed by atoms with van der Waals surface area (Å²) in [7, 11) is -4.25. The van der Waals surface area contributed by atoms with Gasteiger partial charge in [-0.1, -0.05) is 31.5 Å². The first-order chi connectivity index (χ1) is 17.8. The number of nitrogens with one attached hydrogen (secondary N) is 1. The summed E-state index contributed by atoms with van der Waals surface area (Å²) in [6.45, 7) is 8.81. The van der Waals surface area contributed by atoms with Gasteiger partial charge >= 0.3 is 0 Å². The standard InChI is InChI=1S/C27H35ClN4O5S/c1-25(2)10-5-14-31(17-25)20-9-8-19(28)16-21(20)37-27(11-12-27)24(33)30-38(35,36)23-7-4-6-22(29-23)32-15-13-26(3,34)18-32/h4,6-9,16,34H,5,10-15,17-18H2,1-3H3,(H,30,33)/t26-/m1/s1. The molecule has 3 fully saturated rings. The van der Waals surface area contributed by atoms with E-state index in [4.69, 9.17) is 16.3 Å². The van der Waals surface area contributed by atoms with Crippen LogP contribution in [0.15, 0.2) is 41.4 Å². The maximum absolute atomic E-state index is 13.3. The van der Waals surface area contributed by atoms with Gasteiger partial charge in [0.15, 0.2) is 10.6 Å². The second-order valence-electron chi connectivity index (χ2n) is 11.8. The topological polar surface area (TPSA) is 112 Å². The van der Waals surface area contributed by atoms with E-state index in [-0.39, 0.29) is 10.4 Å². The quantitative estimate of drug-likeness (QED) is 0.525. The summed E-state index contributed by atoms with van der Waals surface area (Å²) in [5.41, 5.74) is -1.16. The van der Waals surface area contributed by atoms with E-state index in [9.17, 15) is 18.3 Å². The van der Waals surface area contributed by atoms with Gasteiger partial charge in [-0.25, -0.2) is 9.71 Å². The molecule has 11 heteroatoms. The van der Waals surface area contributed by atoms with Crippen LogP contribution in [0, 0.1) is 5.41 Å². The van der Waals surface area contributed by atoms with Crippen LogP contribution in [-0.2, 0) is 14.8 Å². The van der Waals surface area contributed by atoms with Crippen LogP contribution in [0.3, 0.4) is 0 Å². The van der Waals surface area contributed by atoms with Crippen LogP contribution in [0.5, 0.6) is 5.75 Å². The number of halogens is 1. The van der Waals surface area contributed by atoms with E-state index in [1.54, 1.807) is 31.2 Å². The maximum Gasteiger partial charge on any atom is 0.281 e. The van der Waals surface area contributed by atoms with Crippen LogP contribution in [0.25, 0.3) is 0 Å². The van der Waals surface area contributed by atoms with Gasteiger partial charge in [0.2, 0.25) is 0 Å². The van der Waals surface area contributed by atoms with Gasteiger partial charge in [-0.3, -0.25) is 4.79 Å². The fraction of sp³-hybridized carbons (Fsp3) is 0.556. The van der Waals surface area contributed by atoms with Crippen molar-refractivity contribution in [1.29, 1.82) is 0 Å². The number of β-amino-alcohol motifs (C(OH)–C–C–N with tert-alkyl or cyclic N) is 1. The van der Waals surface area contributed by atoms with Crippen LogP contribution in [0.4, 0.5) is 11.5 Å². The summed E-state index contributed by atoms with van der Waals surface area (Å²) >= 11 is 6.29. The maximum atomic E-state index is 13.3. The minimum atomic E-state index is -4.25. The molecule has 1 aromatic carbocycles. The van der Waals surface area contributed by atoms with E-state index >= 15 is 0 Å². The number of ether oxygens (including phenoxy) is 1. The average molecular weight is 563 g/mol. The Hall–Kier alpha value is -2.56. The Morgan fingerprint density at radius 3 is 2.47 bits per heavy atom. The molecule has 2 saturated heterocycles. The number of hydrogen-bond acceptors (Lipinski definition) is 8. The first-order valence-electron chi connectivity index (χ1n) is 13.0. The number of carbonyl (C=O) groups excluding carboxylic acids is 1. The first-order valence-corrected chi connectivity index (χ1v) is 14.9. The third-order valence-corrected chi connectivity index (χ3v) is 9.04. The second kappa shape index (κ2) is 9.57. The Balaban J connectivity index is 1.33. The van der Waals surface area contributed by atoms with Gasteiger partial charge in [-0.05, 0) is 55.9 Å². The van der Waals surface area contributed by atoms with Gasteiger partial charge in [-0.2, -0.15) is 8.42 Å². The predicted octanol–water partition coefficient (Wildman–Crippen LogP) is 3.74. The highest BCUT2D eigenvalue weighted by Gasteiger charge is 2.54. The fourth-order valence-corrected chi connectivity index (χ4v) is 6.47. The van der Waals surface area contributed by atoms with Crippen molar-refractivity contribution in [2.24, 2.45) is 5.41 Å². The predicted molar refractivity (Wildman–Crippen MR) is 146 cm³/mol. The summed E-state index contributed by atoms with van der Waals surface area (Å²) in [5, 5.41) is 10.5. The van der Waals surface area contributed by atoms with E-state index in [1.165, 1.54) is 6.07 Å². The molecule has 9 nitrogen and oxygen atoms in total. The number of amides is 1. The highest BCUT2D eigenvalue weighted by molar-refractivity contribution is 7.90. The zero-order valence-corrected chi connectivity index (χ0v) is 23.6. The van der Waals surface area contributed by atoms with Gasteiger partial charge in [0, 0.05) is 50.1 Å². The first kappa shape index (κ1) is 27.0. The number of aliphatic hydroxyl groups is 1. The molecule has 2 N–H and O–H groups in total. The number of pyridine rings is 1. The number of hydrogen-bond donors (Lipinski definition) is 2. The molecule has 0 unspecified atom stereocenters. The SMILES string of the molecule is CC1(C)CCCN(c2ccc(Cl)cc2OC2(C(=O)NS(=O)(=O)c3cccc(N4CC[C@@](C)(O)C4)n3)CC2)C1. The van der Waals surface area contributed by atoms with Crippen molar-refractivity contribution >= 4 is 39.0 Å². The third kappa shape index (κ3) is 5.72. The monoisotopic (exact) mass is 562 g/mol. The fourth-order valence-electron chi connectivity index (χ4n) is 5.30. The smallest absolute Gasteiger partial charge is 0.281 e. The number of nitrogens with zero attached hydrogens (tertiary/aromatic N) is 3. The molecule has 3 aliphatic rings. The summed E-state index contributed by atoms with van der Waals surface area (Å²) in [5.74, 6) is 0.184. The molecular weight excluding hydrogens is 528 g/mol. The van der Waals surface area contributed by atoms with Crippen molar-refractivity contribution in [2.45, 2.75) is 69.1 Å². The zero-order chi connectivity index (χ0) is 27.3. The summed E-state index contributed by atoms with van der Waals surface area (Å²) in [6, 6.07) is 10.0. The lowest BCUT2D eigenvalue weighted by molar-refractivity contribution is -0.127. The highest BCUT2D eigenvalue weighted by Crippen LogP contribution is 2.45. The Kier molecular flexibility index (Phi) is 6.81. The highest BCUT2D eigenvalue weighted by atomic mass is 35.5. The van der Waals surface area contributed by atoms with Gasteiger partial charge in [-0.15, -0.1) is 0 Å². The Morgan fingerprint density at radius 1 is 1.05 bits per heavy atom. The largest absolute Gasteiger partial charge is 0.475 e. The summed E-state index contributed by atoms with van der Waals surface area (Å²) < 4.78 is 34.8. The number of benzene rings is 1. The molecule has 3 heterocycles. The lowest BCUT2D eigenvalue weighted by atomic mass is 9.84. The minimum Gasteiger partial charge on any atom is -0.475 e. The van der Waals surface area contributed by atoms with E-state index in [2.05, 4.69) is 28.5 Å². The molecule has 1 aromatic heterocycles. The van der Waals surface area contributed by atoms with E-state index in [1.807, 2.05) is 11.0 Å². The van der Waals surface area contributed by atoms with Gasteiger partial charge in [0.05, 0.1) is 11.3 Å². The van der Waals surface area contributed by atoms with Crippen molar-refractivity contribution in [1.82, 2.24) is 9.71 Å². The summed E-state index contributed by atoms with van der Waals surface area (Å²) in [4.78, 5) is 21.6. The molecule has 1 aliphatic carbocycles. The van der Waals surface area contributed by atoms with Crippen LogP contribution < -0.4 is 19.3 Å². The van der Waals surface area contributed by atoms with Crippen LogP contribution >= 0.6 is 11.6 Å². The Bertz CT molecular complexity index is 1340. The van der Waals surface area contributed by atoms with E-state index in [0.29, 0.717) is 48.9 Å². The van der Waals surface area contributed by atoms with Crippen molar-refractivity contribution in [3.8, 4) is 5.75 Å². The lowest BCUT2D eigenvalue weighted by Crippen LogP contribution is -2.44. The van der Waals surface area contributed by atoms with Gasteiger partial charge < -0.3 is 19.6 Å². The number of sulfonamides is 1. The number of rotatable bonds is 7. The second-order valence-corrected chi connectivity index (χ2v) is 13.9. The number of piperidine rings is 1. The Labute approximate surface area is 229 Å². The molecule has 1 atom stereocenters. The molecule has 2 aliphatic heterocycles. The third-order valence-electron chi connectivity index (χ3n) is 7.57. The van der Waals surface area contributed by atoms with Crippen LogP contribution in [0.2, 0.25) is 5.02 Å². The molecule has 5 rings (SSSR count). The number of carbonyl (C=O) groups is 1. The molecular formula is C27H35ClN4O5S.